The van der Waals surface area contributed by atoms with E-state index in [1.54, 1.807) is 16.8 Å². The molecule has 192 valence electrons. The minimum atomic E-state index is -0.502. The second-order valence-corrected chi connectivity index (χ2v) is 10.6. The van der Waals surface area contributed by atoms with E-state index in [1.165, 1.54) is 24.2 Å². The summed E-state index contributed by atoms with van der Waals surface area (Å²) >= 11 is 1.39. The molecule has 37 heavy (non-hydrogen) atoms. The first-order valence-corrected chi connectivity index (χ1v) is 13.4. The normalized spacial score (nSPS) is 19.1. The summed E-state index contributed by atoms with van der Waals surface area (Å²) in [5, 5.41) is 21.6. The molecule has 6 rings (SSSR count). The van der Waals surface area contributed by atoms with Crippen molar-refractivity contribution in [3.05, 3.63) is 56.2 Å². The van der Waals surface area contributed by atoms with Crippen LogP contribution in [0.5, 0.6) is 5.88 Å². The number of rotatable bonds is 7. The Morgan fingerprint density at radius 2 is 2.16 bits per heavy atom. The highest BCUT2D eigenvalue weighted by molar-refractivity contribution is 7.17. The van der Waals surface area contributed by atoms with E-state index in [1.807, 2.05) is 18.2 Å². The van der Waals surface area contributed by atoms with E-state index in [0.717, 1.165) is 37.1 Å². The van der Waals surface area contributed by atoms with Crippen LogP contribution < -0.4 is 27.0 Å². The SMILES string of the molecule is O=C(NCCC1CCCCN1)c1ccc(-c2cc(=NC3CC3)n3nc/c(=C\c4[nH]c(=O)[nH]c4O)c3n2)s1. The van der Waals surface area contributed by atoms with E-state index in [-0.39, 0.29) is 23.5 Å². The van der Waals surface area contributed by atoms with Gasteiger partial charge in [0.2, 0.25) is 5.88 Å². The number of fused-ring (bicyclic) bond motifs is 1. The van der Waals surface area contributed by atoms with Gasteiger partial charge in [-0.2, -0.15) is 9.61 Å². The van der Waals surface area contributed by atoms with Crippen molar-refractivity contribution in [3.63, 3.8) is 0 Å². The van der Waals surface area contributed by atoms with Crippen LogP contribution in [0.3, 0.4) is 0 Å². The van der Waals surface area contributed by atoms with Crippen molar-refractivity contribution in [1.82, 2.24) is 35.2 Å². The molecule has 11 nitrogen and oxygen atoms in total. The van der Waals surface area contributed by atoms with Gasteiger partial charge < -0.3 is 20.7 Å². The molecule has 1 atom stereocenters. The summed E-state index contributed by atoms with van der Waals surface area (Å²) in [5.74, 6) is -0.335. The molecule has 5 heterocycles. The molecule has 0 bridgehead atoms. The Balaban J connectivity index is 1.30. The third kappa shape index (κ3) is 5.20. The average Bonchev–Trinajstić information content (AvgIpc) is 3.26. The number of piperidine rings is 1. The molecule has 5 N–H and O–H groups in total. The average molecular weight is 521 g/mol. The number of aromatic hydroxyl groups is 1. The number of imidazole rings is 1. The van der Waals surface area contributed by atoms with Crippen LogP contribution in [-0.2, 0) is 0 Å². The number of carbonyl (C=O) groups is 1. The number of carbonyl (C=O) groups excluding carboxylic acids is 1. The Morgan fingerprint density at radius 1 is 1.27 bits per heavy atom. The monoisotopic (exact) mass is 520 g/mol. The summed E-state index contributed by atoms with van der Waals surface area (Å²) in [6.07, 6.45) is 9.87. The van der Waals surface area contributed by atoms with Crippen molar-refractivity contribution in [2.45, 2.75) is 50.6 Å². The van der Waals surface area contributed by atoms with Crippen molar-refractivity contribution in [2.24, 2.45) is 4.99 Å². The van der Waals surface area contributed by atoms with Crippen molar-refractivity contribution >= 4 is 29.0 Å². The summed E-state index contributed by atoms with van der Waals surface area (Å²) in [6.45, 7) is 1.70. The first kappa shape index (κ1) is 23.6. The number of amides is 1. The molecule has 1 saturated carbocycles. The van der Waals surface area contributed by atoms with Crippen LogP contribution in [0.1, 0.15) is 53.9 Å². The fourth-order valence-electron chi connectivity index (χ4n) is 4.54. The second-order valence-electron chi connectivity index (χ2n) is 9.54. The van der Waals surface area contributed by atoms with E-state index >= 15 is 0 Å². The van der Waals surface area contributed by atoms with Gasteiger partial charge in [-0.15, -0.1) is 11.3 Å². The molecule has 0 aromatic carbocycles. The zero-order chi connectivity index (χ0) is 25.4. The van der Waals surface area contributed by atoms with Crippen LogP contribution in [0.25, 0.3) is 22.3 Å². The number of thiophene rings is 1. The van der Waals surface area contributed by atoms with Crippen LogP contribution in [0.15, 0.2) is 34.2 Å². The summed E-state index contributed by atoms with van der Waals surface area (Å²) in [5.41, 5.74) is 1.64. The molecule has 2 fully saturated rings. The minimum absolute atomic E-state index is 0.0821. The van der Waals surface area contributed by atoms with E-state index in [9.17, 15) is 14.7 Å². The van der Waals surface area contributed by atoms with Crippen molar-refractivity contribution in [2.75, 3.05) is 13.1 Å². The summed E-state index contributed by atoms with van der Waals surface area (Å²) in [6, 6.07) is 6.36. The van der Waals surface area contributed by atoms with Crippen molar-refractivity contribution in [3.8, 4) is 16.5 Å². The summed E-state index contributed by atoms with van der Waals surface area (Å²) in [4.78, 5) is 40.3. The fraction of sp³-hybridized carbons (Fsp3) is 0.400. The molecule has 2 aliphatic rings. The topological polar surface area (TPSA) is 153 Å². The smallest absolute Gasteiger partial charge is 0.326 e. The molecule has 1 aliphatic heterocycles. The zero-order valence-corrected chi connectivity index (χ0v) is 21.0. The fourth-order valence-corrected chi connectivity index (χ4v) is 5.42. The van der Waals surface area contributed by atoms with Crippen LogP contribution in [0, 0.1) is 0 Å². The third-order valence-corrected chi connectivity index (χ3v) is 7.76. The molecule has 4 aromatic heterocycles. The lowest BCUT2D eigenvalue weighted by Crippen LogP contribution is -2.37. The van der Waals surface area contributed by atoms with Crippen LogP contribution in [0.2, 0.25) is 0 Å². The van der Waals surface area contributed by atoms with Crippen LogP contribution in [-0.4, -0.2) is 60.8 Å². The highest BCUT2D eigenvalue weighted by atomic mass is 32.1. The number of hydrogen-bond acceptors (Lipinski definition) is 8. The molecular weight excluding hydrogens is 492 g/mol. The highest BCUT2D eigenvalue weighted by Gasteiger charge is 2.21. The first-order valence-electron chi connectivity index (χ1n) is 12.6. The number of hydrogen-bond donors (Lipinski definition) is 5. The van der Waals surface area contributed by atoms with Gasteiger partial charge in [-0.3, -0.25) is 14.8 Å². The largest absolute Gasteiger partial charge is 0.493 e. The van der Waals surface area contributed by atoms with Gasteiger partial charge in [0, 0.05) is 23.9 Å². The lowest BCUT2D eigenvalue weighted by Gasteiger charge is -2.23. The standard InChI is InChI=1S/C25H28N8O3S/c34-23-18(31-25(36)32-23)11-14-13-28-33-21(29-16-4-5-16)12-17(30-22(14)33)19-6-7-20(37-19)24(35)27-10-8-15-3-1-2-9-26-15/h6-7,11-13,15-16,26,34H,1-5,8-10H2,(H,27,35)(H2,31,32,36)/b14-11+,29-21?. The summed E-state index contributed by atoms with van der Waals surface area (Å²) in [7, 11) is 0. The van der Waals surface area contributed by atoms with E-state index < -0.39 is 5.69 Å². The summed E-state index contributed by atoms with van der Waals surface area (Å²) < 4.78 is 1.66. The predicted molar refractivity (Wildman–Crippen MR) is 139 cm³/mol. The number of aromatic amines is 2. The Morgan fingerprint density at radius 3 is 2.92 bits per heavy atom. The molecule has 0 spiro atoms. The van der Waals surface area contributed by atoms with Gasteiger partial charge in [-0.25, -0.2) is 9.78 Å². The molecule has 0 radical (unpaired) electrons. The van der Waals surface area contributed by atoms with Gasteiger partial charge in [0.1, 0.15) is 5.69 Å². The molecule has 1 aliphatic carbocycles. The third-order valence-electron chi connectivity index (χ3n) is 6.65. The van der Waals surface area contributed by atoms with Gasteiger partial charge in [0.15, 0.2) is 11.1 Å². The maximum absolute atomic E-state index is 12.8. The Bertz CT molecular complexity index is 1620. The quantitative estimate of drug-likeness (QED) is 0.246. The van der Waals surface area contributed by atoms with Crippen molar-refractivity contribution < 1.29 is 9.90 Å². The van der Waals surface area contributed by atoms with Crippen LogP contribution >= 0.6 is 11.3 Å². The lowest BCUT2D eigenvalue weighted by molar-refractivity contribution is 0.0955. The lowest BCUT2D eigenvalue weighted by atomic mass is 10.0. The molecule has 1 unspecified atom stereocenters. The molecule has 12 heteroatoms. The Labute approximate surface area is 215 Å². The van der Waals surface area contributed by atoms with Crippen molar-refractivity contribution in [1.29, 1.82) is 0 Å². The van der Waals surface area contributed by atoms with Gasteiger partial charge in [0.25, 0.3) is 5.91 Å². The number of nitrogens with zero attached hydrogens (tertiary/aromatic N) is 4. The zero-order valence-electron chi connectivity index (χ0n) is 20.2. The van der Waals surface area contributed by atoms with E-state index in [4.69, 9.17) is 9.98 Å². The first-order chi connectivity index (χ1) is 18.0. The molecule has 4 aromatic rings. The Kier molecular flexibility index (Phi) is 6.35. The predicted octanol–water partition coefficient (Wildman–Crippen LogP) is 1.05. The number of aromatic nitrogens is 5. The minimum Gasteiger partial charge on any atom is -0.493 e. The van der Waals surface area contributed by atoms with Gasteiger partial charge >= 0.3 is 5.69 Å². The van der Waals surface area contributed by atoms with Gasteiger partial charge in [-0.05, 0) is 56.9 Å². The van der Waals surface area contributed by atoms with E-state index in [2.05, 4.69) is 25.7 Å². The van der Waals surface area contributed by atoms with Gasteiger partial charge in [0.05, 0.1) is 27.7 Å². The van der Waals surface area contributed by atoms with Gasteiger partial charge in [-0.1, -0.05) is 6.42 Å². The Hall–Kier alpha value is -3.77. The number of nitrogens with one attached hydrogen (secondary N) is 4. The maximum Gasteiger partial charge on any atom is 0.326 e. The molecule has 1 saturated heterocycles. The molecular formula is C25H28N8O3S. The van der Waals surface area contributed by atoms with Crippen LogP contribution in [0.4, 0.5) is 0 Å². The highest BCUT2D eigenvalue weighted by Crippen LogP contribution is 2.27. The number of H-pyrrole nitrogens is 2. The van der Waals surface area contributed by atoms with E-state index in [0.29, 0.717) is 39.5 Å². The second kappa shape index (κ2) is 9.94. The maximum atomic E-state index is 12.8. The molecule has 1 amide bonds.